The van der Waals surface area contributed by atoms with Gasteiger partial charge >= 0.3 is 0 Å². The van der Waals surface area contributed by atoms with Gasteiger partial charge in [0.05, 0.1) is 23.6 Å². The molecular weight excluding hydrogens is 287 g/mol. The van der Waals surface area contributed by atoms with Crippen molar-refractivity contribution in [2.75, 3.05) is 13.7 Å². The van der Waals surface area contributed by atoms with Crippen LogP contribution >= 0.6 is 12.2 Å². The molecule has 0 saturated carbocycles. The fourth-order valence-corrected chi connectivity index (χ4v) is 1.98. The second-order valence-electron chi connectivity index (χ2n) is 3.92. The predicted octanol–water partition coefficient (Wildman–Crippen LogP) is 2.30. The number of H-pyrrole nitrogens is 1. The molecule has 0 atom stereocenters. The van der Waals surface area contributed by atoms with Gasteiger partial charge < -0.3 is 4.74 Å². The van der Waals surface area contributed by atoms with Crippen molar-refractivity contribution >= 4 is 17.9 Å². The van der Waals surface area contributed by atoms with Crippen molar-refractivity contribution in [3.63, 3.8) is 0 Å². The van der Waals surface area contributed by atoms with Crippen molar-refractivity contribution < 1.29 is 14.1 Å². The molecule has 0 spiro atoms. The summed E-state index contributed by atoms with van der Waals surface area (Å²) in [7, 11) is 1.52. The second-order valence-corrected chi connectivity index (χ2v) is 4.30. The molecule has 0 bridgehead atoms. The Morgan fingerprint density at radius 2 is 2.35 bits per heavy atom. The van der Waals surface area contributed by atoms with E-state index in [-0.39, 0.29) is 21.8 Å². The first-order valence-electron chi connectivity index (χ1n) is 5.63. The molecular formula is C11H11FN4O3S. The maximum Gasteiger partial charge on any atom is 0.280 e. The lowest BCUT2D eigenvalue weighted by molar-refractivity contribution is -0.384. The Labute approximate surface area is 118 Å². The van der Waals surface area contributed by atoms with Crippen LogP contribution in [-0.2, 0) is 11.3 Å². The minimum absolute atomic E-state index is 0.0680. The molecule has 0 unspecified atom stereocenters. The molecule has 106 valence electrons. The van der Waals surface area contributed by atoms with Crippen LogP contribution in [0.2, 0.25) is 0 Å². The van der Waals surface area contributed by atoms with Crippen molar-refractivity contribution in [2.45, 2.75) is 6.54 Å². The van der Waals surface area contributed by atoms with E-state index < -0.39 is 10.7 Å². The van der Waals surface area contributed by atoms with E-state index in [0.29, 0.717) is 13.2 Å². The number of aromatic nitrogens is 3. The Bertz CT molecular complexity index is 697. The van der Waals surface area contributed by atoms with Crippen LogP contribution in [0.15, 0.2) is 18.2 Å². The number of nitrogens with zero attached hydrogens (tertiary/aromatic N) is 3. The van der Waals surface area contributed by atoms with Crippen LogP contribution in [0.25, 0.3) is 11.4 Å². The molecule has 20 heavy (non-hydrogen) atoms. The molecule has 2 rings (SSSR count). The summed E-state index contributed by atoms with van der Waals surface area (Å²) in [5, 5.41) is 17.5. The van der Waals surface area contributed by atoms with Crippen molar-refractivity contribution in [2.24, 2.45) is 0 Å². The topological polar surface area (TPSA) is 86.0 Å². The number of nitro benzene ring substituents is 1. The number of rotatable bonds is 5. The van der Waals surface area contributed by atoms with E-state index in [1.807, 2.05) is 0 Å². The smallest absolute Gasteiger partial charge is 0.280 e. The van der Waals surface area contributed by atoms with Gasteiger partial charge in [-0.15, -0.1) is 0 Å². The van der Waals surface area contributed by atoms with Gasteiger partial charge in [0.2, 0.25) is 0 Å². The first kappa shape index (κ1) is 14.3. The molecule has 0 amide bonds. The van der Waals surface area contributed by atoms with Crippen LogP contribution in [-0.4, -0.2) is 33.4 Å². The zero-order valence-corrected chi connectivity index (χ0v) is 11.3. The van der Waals surface area contributed by atoms with E-state index in [1.165, 1.54) is 11.7 Å². The number of hydrogen-bond donors (Lipinski definition) is 1. The Morgan fingerprint density at radius 3 is 3.00 bits per heavy atom. The number of aromatic amines is 1. The molecule has 0 aliphatic carbocycles. The molecule has 0 aliphatic rings. The third kappa shape index (κ3) is 2.73. The molecule has 0 radical (unpaired) electrons. The van der Waals surface area contributed by atoms with E-state index in [4.69, 9.17) is 17.0 Å². The second kappa shape index (κ2) is 5.88. The highest BCUT2D eigenvalue weighted by molar-refractivity contribution is 7.71. The SMILES string of the molecule is COCCn1c(-c2cc(F)ccc2[N+](=O)[O-])n[nH]c1=S. The standard InChI is InChI=1S/C11H11FN4O3S/c1-19-5-4-15-10(13-14-11(15)20)8-6-7(12)2-3-9(8)16(17)18/h2-3,6H,4-5H2,1H3,(H,14,20). The van der Waals surface area contributed by atoms with Gasteiger partial charge in [-0.2, -0.15) is 5.10 Å². The van der Waals surface area contributed by atoms with Crippen molar-refractivity contribution in [3.05, 3.63) is 38.9 Å². The van der Waals surface area contributed by atoms with Gasteiger partial charge in [0.15, 0.2) is 10.6 Å². The molecule has 1 aromatic carbocycles. The highest BCUT2D eigenvalue weighted by atomic mass is 32.1. The quantitative estimate of drug-likeness (QED) is 0.520. The Kier molecular flexibility index (Phi) is 4.20. The minimum atomic E-state index is -0.590. The van der Waals surface area contributed by atoms with Crippen LogP contribution in [0.1, 0.15) is 0 Å². The van der Waals surface area contributed by atoms with Crippen LogP contribution in [0.5, 0.6) is 0 Å². The zero-order chi connectivity index (χ0) is 14.7. The minimum Gasteiger partial charge on any atom is -0.383 e. The Hall–Kier alpha value is -2.13. The van der Waals surface area contributed by atoms with E-state index in [2.05, 4.69) is 10.2 Å². The van der Waals surface area contributed by atoms with Gasteiger partial charge in [-0.25, -0.2) is 4.39 Å². The molecule has 1 N–H and O–H groups in total. The van der Waals surface area contributed by atoms with Crippen molar-refractivity contribution in [3.8, 4) is 11.4 Å². The number of benzene rings is 1. The first-order valence-corrected chi connectivity index (χ1v) is 6.04. The first-order chi connectivity index (χ1) is 9.54. The normalized spacial score (nSPS) is 10.7. The summed E-state index contributed by atoms with van der Waals surface area (Å²) < 4.78 is 20.1. The number of nitrogens with one attached hydrogen (secondary N) is 1. The summed E-state index contributed by atoms with van der Waals surface area (Å²) in [5.41, 5.74) is -0.169. The van der Waals surface area contributed by atoms with Gasteiger partial charge in [-0.05, 0) is 24.4 Å². The molecule has 1 heterocycles. The van der Waals surface area contributed by atoms with Crippen LogP contribution < -0.4 is 0 Å². The lowest BCUT2D eigenvalue weighted by atomic mass is 10.1. The number of methoxy groups -OCH3 is 1. The monoisotopic (exact) mass is 298 g/mol. The molecule has 0 saturated heterocycles. The summed E-state index contributed by atoms with van der Waals surface area (Å²) in [6.45, 7) is 0.707. The number of ether oxygens (including phenoxy) is 1. The largest absolute Gasteiger partial charge is 0.383 e. The van der Waals surface area contributed by atoms with Crippen LogP contribution in [0, 0.1) is 20.7 Å². The highest BCUT2D eigenvalue weighted by Gasteiger charge is 2.21. The average Bonchev–Trinajstić information content (AvgIpc) is 2.77. The average molecular weight is 298 g/mol. The molecule has 9 heteroatoms. The molecule has 1 aromatic heterocycles. The van der Waals surface area contributed by atoms with Crippen molar-refractivity contribution in [1.29, 1.82) is 0 Å². The lowest BCUT2D eigenvalue weighted by Crippen LogP contribution is -2.07. The van der Waals surface area contributed by atoms with E-state index >= 15 is 0 Å². The maximum absolute atomic E-state index is 13.4. The summed E-state index contributed by atoms with van der Waals surface area (Å²) in [4.78, 5) is 10.4. The van der Waals surface area contributed by atoms with Gasteiger partial charge in [-0.1, -0.05) is 0 Å². The summed E-state index contributed by atoms with van der Waals surface area (Å²) in [6.07, 6.45) is 0. The van der Waals surface area contributed by atoms with Gasteiger partial charge in [0, 0.05) is 13.2 Å². The fraction of sp³-hybridized carbons (Fsp3) is 0.273. The van der Waals surface area contributed by atoms with Crippen LogP contribution in [0.4, 0.5) is 10.1 Å². The third-order valence-electron chi connectivity index (χ3n) is 2.67. The fourth-order valence-electron chi connectivity index (χ4n) is 1.76. The molecule has 0 fully saturated rings. The summed E-state index contributed by atoms with van der Waals surface area (Å²) >= 11 is 5.05. The number of hydrogen-bond acceptors (Lipinski definition) is 5. The molecule has 0 aliphatic heterocycles. The van der Waals surface area contributed by atoms with Gasteiger partial charge in [0.1, 0.15) is 5.82 Å². The van der Waals surface area contributed by atoms with Gasteiger partial charge in [0.25, 0.3) is 5.69 Å². The van der Waals surface area contributed by atoms with Crippen molar-refractivity contribution in [1.82, 2.24) is 14.8 Å². The predicted molar refractivity (Wildman–Crippen MR) is 71.3 cm³/mol. The number of nitro groups is 1. The van der Waals surface area contributed by atoms with E-state index in [1.54, 1.807) is 0 Å². The maximum atomic E-state index is 13.4. The summed E-state index contributed by atoms with van der Waals surface area (Å²) in [5.74, 6) is -0.379. The molecule has 2 aromatic rings. The third-order valence-corrected chi connectivity index (χ3v) is 2.99. The Balaban J connectivity index is 2.59. The highest BCUT2D eigenvalue weighted by Crippen LogP contribution is 2.29. The summed E-state index contributed by atoms with van der Waals surface area (Å²) in [6, 6.07) is 3.19. The van der Waals surface area contributed by atoms with Crippen LogP contribution in [0.3, 0.4) is 0 Å². The number of halogens is 1. The van der Waals surface area contributed by atoms with E-state index in [0.717, 1.165) is 18.2 Å². The van der Waals surface area contributed by atoms with Gasteiger partial charge in [-0.3, -0.25) is 19.8 Å². The molecule has 7 nitrogen and oxygen atoms in total. The Morgan fingerprint density at radius 1 is 1.60 bits per heavy atom. The zero-order valence-electron chi connectivity index (χ0n) is 10.5. The lowest BCUT2D eigenvalue weighted by Gasteiger charge is -2.06. The van der Waals surface area contributed by atoms with E-state index in [9.17, 15) is 14.5 Å².